The summed E-state index contributed by atoms with van der Waals surface area (Å²) in [6.45, 7) is 1.95. The lowest BCUT2D eigenvalue weighted by atomic mass is 9.89. The normalized spacial score (nSPS) is 34.2. The number of hydrogen-bond acceptors (Lipinski definition) is 3. The molecule has 3 atom stereocenters. The predicted molar refractivity (Wildman–Crippen MR) is 59.6 cm³/mol. The van der Waals surface area contributed by atoms with E-state index in [0.717, 1.165) is 30.8 Å². The molecule has 2 rings (SSSR count). The third kappa shape index (κ3) is 2.71. The molecule has 0 radical (unpaired) electrons. The van der Waals surface area contributed by atoms with E-state index in [-0.39, 0.29) is 6.29 Å². The summed E-state index contributed by atoms with van der Waals surface area (Å²) in [5.74, 6) is 2.96. The highest BCUT2D eigenvalue weighted by atomic mass is 16.7. The SMILES string of the molecule is COC(CNCC1CC2CCC1C2)OC. The Morgan fingerprint density at radius 1 is 1.20 bits per heavy atom. The Balaban J connectivity index is 1.62. The van der Waals surface area contributed by atoms with Crippen LogP contribution in [0.1, 0.15) is 25.7 Å². The Morgan fingerprint density at radius 2 is 2.00 bits per heavy atom. The molecular weight excluding hydrogens is 190 g/mol. The van der Waals surface area contributed by atoms with Crippen molar-refractivity contribution in [2.24, 2.45) is 17.8 Å². The summed E-state index contributed by atoms with van der Waals surface area (Å²) in [4.78, 5) is 0. The van der Waals surface area contributed by atoms with Crippen LogP contribution in [0.15, 0.2) is 0 Å². The van der Waals surface area contributed by atoms with Crippen LogP contribution in [-0.2, 0) is 9.47 Å². The average Bonchev–Trinajstić information content (AvgIpc) is 2.86. The molecule has 0 saturated heterocycles. The maximum atomic E-state index is 5.14. The monoisotopic (exact) mass is 213 g/mol. The molecule has 2 fully saturated rings. The highest BCUT2D eigenvalue weighted by Crippen LogP contribution is 2.47. The first-order valence-corrected chi connectivity index (χ1v) is 6.09. The molecule has 0 heterocycles. The number of rotatable bonds is 6. The molecule has 0 aromatic carbocycles. The average molecular weight is 213 g/mol. The lowest BCUT2D eigenvalue weighted by molar-refractivity contribution is -0.0991. The summed E-state index contributed by atoms with van der Waals surface area (Å²) in [6.07, 6.45) is 5.80. The minimum atomic E-state index is -0.0939. The van der Waals surface area contributed by atoms with E-state index in [9.17, 15) is 0 Å². The van der Waals surface area contributed by atoms with E-state index in [4.69, 9.17) is 9.47 Å². The molecule has 0 aromatic rings. The first-order valence-electron chi connectivity index (χ1n) is 6.09. The molecule has 2 saturated carbocycles. The van der Waals surface area contributed by atoms with Crippen LogP contribution in [0.25, 0.3) is 0 Å². The van der Waals surface area contributed by atoms with Crippen LogP contribution in [0.2, 0.25) is 0 Å². The Labute approximate surface area is 92.5 Å². The second-order valence-electron chi connectivity index (χ2n) is 4.99. The third-order valence-corrected chi connectivity index (χ3v) is 4.13. The fraction of sp³-hybridized carbons (Fsp3) is 1.00. The zero-order valence-electron chi connectivity index (χ0n) is 9.87. The van der Waals surface area contributed by atoms with Crippen LogP contribution in [0, 0.1) is 17.8 Å². The smallest absolute Gasteiger partial charge is 0.169 e. The van der Waals surface area contributed by atoms with Gasteiger partial charge in [-0.1, -0.05) is 6.42 Å². The van der Waals surface area contributed by atoms with E-state index in [1.54, 1.807) is 14.2 Å². The van der Waals surface area contributed by atoms with Gasteiger partial charge in [0.05, 0.1) is 0 Å². The molecule has 0 amide bonds. The third-order valence-electron chi connectivity index (χ3n) is 4.13. The molecule has 88 valence electrons. The molecule has 0 spiro atoms. The molecule has 3 heteroatoms. The number of fused-ring (bicyclic) bond motifs is 2. The largest absolute Gasteiger partial charge is 0.355 e. The summed E-state index contributed by atoms with van der Waals surface area (Å²) in [6, 6.07) is 0. The Hall–Kier alpha value is -0.120. The van der Waals surface area contributed by atoms with Crippen LogP contribution in [0.4, 0.5) is 0 Å². The van der Waals surface area contributed by atoms with E-state index in [1.165, 1.54) is 25.7 Å². The molecule has 3 nitrogen and oxygen atoms in total. The molecule has 15 heavy (non-hydrogen) atoms. The Kier molecular flexibility index (Phi) is 4.00. The molecule has 1 N–H and O–H groups in total. The van der Waals surface area contributed by atoms with Crippen molar-refractivity contribution < 1.29 is 9.47 Å². The highest BCUT2D eigenvalue weighted by Gasteiger charge is 2.38. The van der Waals surface area contributed by atoms with Crippen molar-refractivity contribution in [2.75, 3.05) is 27.3 Å². The van der Waals surface area contributed by atoms with Gasteiger partial charge in [-0.05, 0) is 43.6 Å². The van der Waals surface area contributed by atoms with Crippen molar-refractivity contribution in [1.82, 2.24) is 5.32 Å². The van der Waals surface area contributed by atoms with E-state index in [0.29, 0.717) is 0 Å². The minimum Gasteiger partial charge on any atom is -0.355 e. The standard InChI is InChI=1S/C12H23NO2/c1-14-12(15-2)8-13-7-11-6-9-3-4-10(11)5-9/h9-13H,3-8H2,1-2H3. The van der Waals surface area contributed by atoms with Crippen LogP contribution < -0.4 is 5.32 Å². The predicted octanol–water partition coefficient (Wildman–Crippen LogP) is 1.63. The fourth-order valence-electron chi connectivity index (χ4n) is 3.28. The van der Waals surface area contributed by atoms with Crippen molar-refractivity contribution in [3.63, 3.8) is 0 Å². The second-order valence-corrected chi connectivity index (χ2v) is 4.99. The van der Waals surface area contributed by atoms with Crippen molar-refractivity contribution in [1.29, 1.82) is 0 Å². The molecule has 0 aliphatic heterocycles. The van der Waals surface area contributed by atoms with Crippen molar-refractivity contribution >= 4 is 0 Å². The number of methoxy groups -OCH3 is 2. The molecule has 0 aromatic heterocycles. The van der Waals surface area contributed by atoms with Gasteiger partial charge in [-0.15, -0.1) is 0 Å². The topological polar surface area (TPSA) is 30.5 Å². The van der Waals surface area contributed by atoms with Gasteiger partial charge in [0.1, 0.15) is 0 Å². The first kappa shape index (κ1) is 11.4. The van der Waals surface area contributed by atoms with Gasteiger partial charge in [0.25, 0.3) is 0 Å². The lowest BCUT2D eigenvalue weighted by Crippen LogP contribution is -2.34. The fourth-order valence-corrected chi connectivity index (χ4v) is 3.28. The van der Waals surface area contributed by atoms with E-state index in [2.05, 4.69) is 5.32 Å². The van der Waals surface area contributed by atoms with Crippen LogP contribution in [-0.4, -0.2) is 33.6 Å². The zero-order valence-corrected chi connectivity index (χ0v) is 9.87. The quantitative estimate of drug-likeness (QED) is 0.680. The highest BCUT2D eigenvalue weighted by molar-refractivity contribution is 4.90. The maximum Gasteiger partial charge on any atom is 0.169 e. The molecular formula is C12H23NO2. The van der Waals surface area contributed by atoms with Crippen molar-refractivity contribution in [3.8, 4) is 0 Å². The summed E-state index contributed by atoms with van der Waals surface area (Å²) in [5.41, 5.74) is 0. The summed E-state index contributed by atoms with van der Waals surface area (Å²) in [5, 5.41) is 3.46. The Bertz CT molecular complexity index is 194. The molecule has 2 bridgehead atoms. The molecule has 3 unspecified atom stereocenters. The summed E-state index contributed by atoms with van der Waals surface area (Å²) in [7, 11) is 3.38. The lowest BCUT2D eigenvalue weighted by Gasteiger charge is -2.23. The van der Waals surface area contributed by atoms with Crippen LogP contribution in [0.3, 0.4) is 0 Å². The van der Waals surface area contributed by atoms with Crippen LogP contribution in [0.5, 0.6) is 0 Å². The van der Waals surface area contributed by atoms with Gasteiger partial charge in [-0.3, -0.25) is 0 Å². The maximum absolute atomic E-state index is 5.14. The first-order chi connectivity index (χ1) is 7.33. The minimum absolute atomic E-state index is 0.0939. The van der Waals surface area contributed by atoms with Crippen molar-refractivity contribution in [2.45, 2.75) is 32.0 Å². The Morgan fingerprint density at radius 3 is 2.53 bits per heavy atom. The van der Waals surface area contributed by atoms with E-state index >= 15 is 0 Å². The van der Waals surface area contributed by atoms with E-state index < -0.39 is 0 Å². The van der Waals surface area contributed by atoms with Gasteiger partial charge in [0.2, 0.25) is 0 Å². The molecule has 2 aliphatic carbocycles. The van der Waals surface area contributed by atoms with Gasteiger partial charge in [-0.25, -0.2) is 0 Å². The second kappa shape index (κ2) is 5.28. The summed E-state index contributed by atoms with van der Waals surface area (Å²) >= 11 is 0. The number of ether oxygens (including phenoxy) is 2. The van der Waals surface area contributed by atoms with Gasteiger partial charge in [0.15, 0.2) is 6.29 Å². The number of hydrogen-bond donors (Lipinski definition) is 1. The van der Waals surface area contributed by atoms with E-state index in [1.807, 2.05) is 0 Å². The number of nitrogens with one attached hydrogen (secondary N) is 1. The van der Waals surface area contributed by atoms with Gasteiger partial charge in [-0.2, -0.15) is 0 Å². The summed E-state index contributed by atoms with van der Waals surface area (Å²) < 4.78 is 10.3. The van der Waals surface area contributed by atoms with Crippen LogP contribution >= 0.6 is 0 Å². The van der Waals surface area contributed by atoms with Gasteiger partial charge >= 0.3 is 0 Å². The molecule has 2 aliphatic rings. The zero-order chi connectivity index (χ0) is 10.7. The van der Waals surface area contributed by atoms with Gasteiger partial charge < -0.3 is 14.8 Å². The van der Waals surface area contributed by atoms with Gasteiger partial charge in [0, 0.05) is 20.8 Å². The van der Waals surface area contributed by atoms with Crippen molar-refractivity contribution in [3.05, 3.63) is 0 Å².